The van der Waals surface area contributed by atoms with Crippen LogP contribution in [0.1, 0.15) is 68.9 Å². The van der Waals surface area contributed by atoms with Gasteiger partial charge in [-0.15, -0.1) is 0 Å². The fourth-order valence-corrected chi connectivity index (χ4v) is 6.31. The molecule has 1 unspecified atom stereocenters. The molecule has 1 N–H and O–H groups in total. The van der Waals surface area contributed by atoms with Gasteiger partial charge in [-0.1, -0.05) is 12.8 Å². The minimum absolute atomic E-state index is 0.0939. The summed E-state index contributed by atoms with van der Waals surface area (Å²) in [6.45, 7) is 5.13. The number of anilines is 1. The average molecular weight is 464 g/mol. The molecule has 7 heteroatoms. The molecule has 7 nitrogen and oxygen atoms in total. The van der Waals surface area contributed by atoms with Gasteiger partial charge in [-0.05, 0) is 75.1 Å². The van der Waals surface area contributed by atoms with Crippen LogP contribution in [0.2, 0.25) is 0 Å². The lowest BCUT2D eigenvalue weighted by molar-refractivity contribution is -0.138. The van der Waals surface area contributed by atoms with E-state index >= 15 is 0 Å². The number of aliphatic hydroxyl groups is 1. The molecule has 1 aromatic rings. The normalized spacial score (nSPS) is 25.0. The number of benzene rings is 1. The van der Waals surface area contributed by atoms with Crippen LogP contribution in [-0.4, -0.2) is 65.0 Å². The monoisotopic (exact) mass is 463 g/mol. The number of carbonyl (C=O) groups excluding carboxylic acids is 1. The van der Waals surface area contributed by atoms with Crippen molar-refractivity contribution in [3.8, 4) is 6.07 Å². The average Bonchev–Trinajstić information content (AvgIpc) is 3.54. The first kappa shape index (κ1) is 23.2. The van der Waals surface area contributed by atoms with Crippen molar-refractivity contribution in [3.05, 3.63) is 29.3 Å². The van der Waals surface area contributed by atoms with Gasteiger partial charge in [0.25, 0.3) is 0 Å². The van der Waals surface area contributed by atoms with Gasteiger partial charge in [0.1, 0.15) is 5.84 Å². The van der Waals surface area contributed by atoms with Crippen LogP contribution in [0.25, 0.3) is 0 Å². The van der Waals surface area contributed by atoms with Crippen LogP contribution < -0.4 is 5.01 Å². The molecule has 1 aliphatic carbocycles. The number of piperidine rings is 2. The molecule has 2 saturated heterocycles. The number of rotatable bonds is 3. The Balaban J connectivity index is 1.27. The number of hydrogen-bond acceptors (Lipinski definition) is 6. The predicted octanol–water partition coefficient (Wildman–Crippen LogP) is 3.64. The third-order valence-corrected chi connectivity index (χ3v) is 8.45. The lowest BCUT2D eigenvalue weighted by atomic mass is 9.92. The Morgan fingerprint density at radius 2 is 1.76 bits per heavy atom. The molecule has 3 aliphatic heterocycles. The summed E-state index contributed by atoms with van der Waals surface area (Å²) < 4.78 is 0. The molecule has 3 fully saturated rings. The minimum Gasteiger partial charge on any atom is -0.393 e. The van der Waals surface area contributed by atoms with Crippen molar-refractivity contribution >= 4 is 17.4 Å². The van der Waals surface area contributed by atoms with Crippen molar-refractivity contribution < 1.29 is 9.90 Å². The van der Waals surface area contributed by atoms with Gasteiger partial charge >= 0.3 is 0 Å². The zero-order chi connectivity index (χ0) is 23.7. The Morgan fingerprint density at radius 3 is 2.41 bits per heavy atom. The molecule has 0 spiro atoms. The Bertz CT molecular complexity index is 964. The summed E-state index contributed by atoms with van der Waals surface area (Å²) in [6.07, 6.45) is 9.01. The molecule has 1 amide bonds. The molecule has 4 aliphatic rings. The Morgan fingerprint density at radius 1 is 1.06 bits per heavy atom. The summed E-state index contributed by atoms with van der Waals surface area (Å²) in [5.41, 5.74) is 2.80. The number of hydrazone groups is 1. The van der Waals surface area contributed by atoms with E-state index in [4.69, 9.17) is 5.10 Å². The Kier molecular flexibility index (Phi) is 6.78. The van der Waals surface area contributed by atoms with E-state index in [9.17, 15) is 15.2 Å². The van der Waals surface area contributed by atoms with Crippen molar-refractivity contribution in [2.24, 2.45) is 16.9 Å². The molecule has 34 heavy (non-hydrogen) atoms. The summed E-state index contributed by atoms with van der Waals surface area (Å²) in [5.74, 6) is 2.19. The molecule has 0 bridgehead atoms. The second kappa shape index (κ2) is 9.95. The smallest absolute Gasteiger partial charge is 0.225 e. The summed E-state index contributed by atoms with van der Waals surface area (Å²) in [6, 6.07) is 8.72. The third kappa shape index (κ3) is 4.65. The number of aliphatic hydroxyl groups excluding tert-OH is 1. The van der Waals surface area contributed by atoms with Gasteiger partial charge in [0.2, 0.25) is 5.91 Å². The van der Waals surface area contributed by atoms with Crippen LogP contribution in [-0.2, 0) is 4.79 Å². The highest BCUT2D eigenvalue weighted by molar-refractivity contribution is 5.87. The molecule has 182 valence electrons. The van der Waals surface area contributed by atoms with Crippen LogP contribution in [0, 0.1) is 30.1 Å². The first-order valence-electron chi connectivity index (χ1n) is 13.1. The first-order valence-corrected chi connectivity index (χ1v) is 13.1. The molecular weight excluding hydrogens is 426 g/mol. The van der Waals surface area contributed by atoms with E-state index in [-0.39, 0.29) is 17.9 Å². The SMILES string of the molecule is Cc1cc(N2N=C(N3CCC(C(=O)N4CCC(O)CC4)CC3)CC2C2CCCC2)ccc1C#N. The highest BCUT2D eigenvalue weighted by Crippen LogP contribution is 2.38. The number of amides is 1. The quantitative estimate of drug-likeness (QED) is 0.740. The molecule has 0 aromatic heterocycles. The largest absolute Gasteiger partial charge is 0.393 e. The lowest BCUT2D eigenvalue weighted by Gasteiger charge is -2.37. The number of nitriles is 1. The van der Waals surface area contributed by atoms with E-state index in [2.05, 4.69) is 22.0 Å². The first-order chi connectivity index (χ1) is 16.5. The van der Waals surface area contributed by atoms with Crippen molar-refractivity contribution in [2.45, 2.75) is 76.9 Å². The van der Waals surface area contributed by atoms with Crippen LogP contribution >= 0.6 is 0 Å². The van der Waals surface area contributed by atoms with Crippen LogP contribution in [0.5, 0.6) is 0 Å². The van der Waals surface area contributed by atoms with Crippen molar-refractivity contribution in [2.75, 3.05) is 31.2 Å². The third-order valence-electron chi connectivity index (χ3n) is 8.45. The van der Waals surface area contributed by atoms with Crippen LogP contribution in [0.3, 0.4) is 0 Å². The van der Waals surface area contributed by atoms with Crippen molar-refractivity contribution in [1.29, 1.82) is 5.26 Å². The fourth-order valence-electron chi connectivity index (χ4n) is 6.31. The van der Waals surface area contributed by atoms with Gasteiger partial charge < -0.3 is 14.9 Å². The fraction of sp³-hybridized carbons (Fsp3) is 0.667. The lowest BCUT2D eigenvalue weighted by Crippen LogP contribution is -2.47. The van der Waals surface area contributed by atoms with Crippen LogP contribution in [0.4, 0.5) is 5.69 Å². The molecule has 1 atom stereocenters. The molecule has 1 saturated carbocycles. The van der Waals surface area contributed by atoms with E-state index in [1.165, 1.54) is 25.7 Å². The number of carbonyl (C=O) groups is 1. The topological polar surface area (TPSA) is 83.2 Å². The molecule has 5 rings (SSSR count). The van der Waals surface area contributed by atoms with Gasteiger partial charge in [-0.25, -0.2) is 0 Å². The van der Waals surface area contributed by atoms with E-state index in [1.807, 2.05) is 24.0 Å². The maximum Gasteiger partial charge on any atom is 0.225 e. The van der Waals surface area contributed by atoms with Gasteiger partial charge in [-0.3, -0.25) is 9.80 Å². The molecule has 0 radical (unpaired) electrons. The Hall–Kier alpha value is -2.59. The summed E-state index contributed by atoms with van der Waals surface area (Å²) >= 11 is 0. The molecule has 1 aromatic carbocycles. The van der Waals surface area contributed by atoms with E-state index < -0.39 is 0 Å². The highest BCUT2D eigenvalue weighted by atomic mass is 16.3. The number of hydrogen-bond donors (Lipinski definition) is 1. The van der Waals surface area contributed by atoms with Gasteiger partial charge in [-0.2, -0.15) is 10.4 Å². The maximum absolute atomic E-state index is 13.0. The van der Waals surface area contributed by atoms with E-state index in [1.54, 1.807) is 0 Å². The van der Waals surface area contributed by atoms with Gasteiger partial charge in [0.15, 0.2) is 0 Å². The maximum atomic E-state index is 13.0. The van der Waals surface area contributed by atoms with Crippen molar-refractivity contribution in [3.63, 3.8) is 0 Å². The van der Waals surface area contributed by atoms with E-state index in [0.29, 0.717) is 37.9 Å². The highest BCUT2D eigenvalue weighted by Gasteiger charge is 2.39. The standard InChI is InChI=1S/C27H37N5O2/c1-19-16-23(7-6-22(19)18-28)32-25(20-4-2-3-5-20)17-26(29-32)30-12-8-21(9-13-30)27(34)31-14-10-24(33)11-15-31/h6-7,16,20-21,24-25,33H,2-5,8-15,17H2,1H3. The summed E-state index contributed by atoms with van der Waals surface area (Å²) in [5, 5.41) is 26.4. The molecule has 3 heterocycles. The van der Waals surface area contributed by atoms with Gasteiger partial charge in [0, 0.05) is 38.5 Å². The number of nitrogens with zero attached hydrogens (tertiary/aromatic N) is 5. The zero-order valence-electron chi connectivity index (χ0n) is 20.3. The van der Waals surface area contributed by atoms with Gasteiger partial charge in [0.05, 0.1) is 29.5 Å². The number of amidine groups is 1. The van der Waals surface area contributed by atoms with E-state index in [0.717, 1.165) is 55.0 Å². The number of likely N-dealkylation sites (tertiary alicyclic amines) is 2. The second-order valence-corrected chi connectivity index (χ2v) is 10.6. The van der Waals surface area contributed by atoms with Crippen LogP contribution in [0.15, 0.2) is 23.3 Å². The molecular formula is C27H37N5O2. The summed E-state index contributed by atoms with van der Waals surface area (Å²) in [7, 11) is 0. The Labute approximate surface area is 203 Å². The predicted molar refractivity (Wildman–Crippen MR) is 132 cm³/mol. The van der Waals surface area contributed by atoms with Crippen molar-refractivity contribution in [1.82, 2.24) is 9.80 Å². The minimum atomic E-state index is -0.248. The zero-order valence-corrected chi connectivity index (χ0v) is 20.3. The number of aryl methyl sites for hydroxylation is 1. The second-order valence-electron chi connectivity index (χ2n) is 10.6. The summed E-state index contributed by atoms with van der Waals surface area (Å²) in [4.78, 5) is 17.4.